The van der Waals surface area contributed by atoms with Crippen molar-refractivity contribution in [2.75, 3.05) is 0 Å². The van der Waals surface area contributed by atoms with Gasteiger partial charge in [-0.2, -0.15) is 0 Å². The second-order valence-electron chi connectivity index (χ2n) is 2.95. The fraction of sp³-hybridized carbons (Fsp3) is 0.857. The largest absolute Gasteiger partial charge is 0.459 e. The van der Waals surface area contributed by atoms with Crippen molar-refractivity contribution in [3.8, 4) is 0 Å². The molecule has 0 aromatic carbocycles. The Labute approximate surface area is 59.3 Å². The zero-order chi connectivity index (χ0) is 7.14. The number of carbonyl (C=O) groups is 1. The Morgan fingerprint density at radius 2 is 2.30 bits per heavy atom. The molecule has 2 aliphatic heterocycles. The molecule has 10 heavy (non-hydrogen) atoms. The first-order chi connectivity index (χ1) is 4.75. The second kappa shape index (κ2) is 1.95. The molecule has 3 atom stereocenters. The number of hydrogen-bond donors (Lipinski definition) is 0. The van der Waals surface area contributed by atoms with Crippen LogP contribution < -0.4 is 0 Å². The number of esters is 1. The Bertz CT molecular complexity index is 150. The number of ether oxygens (including phenoxy) is 2. The van der Waals surface area contributed by atoms with Crippen LogP contribution in [0.3, 0.4) is 0 Å². The van der Waals surface area contributed by atoms with Crippen LogP contribution in [0.15, 0.2) is 0 Å². The Morgan fingerprint density at radius 1 is 1.50 bits per heavy atom. The van der Waals surface area contributed by atoms with E-state index in [1.807, 2.05) is 6.92 Å². The predicted octanol–water partition coefficient (Wildman–Crippen LogP) is 0.479. The molecule has 2 heterocycles. The van der Waals surface area contributed by atoms with E-state index in [1.165, 1.54) is 0 Å². The molecule has 2 aliphatic rings. The molecule has 2 fully saturated rings. The van der Waals surface area contributed by atoms with Crippen LogP contribution in [-0.4, -0.2) is 24.3 Å². The molecule has 0 bridgehead atoms. The van der Waals surface area contributed by atoms with E-state index in [2.05, 4.69) is 0 Å². The van der Waals surface area contributed by atoms with Crippen molar-refractivity contribution in [2.24, 2.45) is 0 Å². The van der Waals surface area contributed by atoms with Crippen LogP contribution in [0.1, 0.15) is 19.8 Å². The molecule has 0 aliphatic carbocycles. The van der Waals surface area contributed by atoms with Crippen molar-refractivity contribution in [3.05, 3.63) is 0 Å². The fourth-order valence-electron chi connectivity index (χ4n) is 1.61. The molecule has 2 rings (SSSR count). The van der Waals surface area contributed by atoms with Gasteiger partial charge in [0.1, 0.15) is 12.2 Å². The molecule has 2 saturated heterocycles. The molecule has 0 N–H and O–H groups in total. The third kappa shape index (κ3) is 0.814. The molecule has 0 radical (unpaired) electrons. The minimum Gasteiger partial charge on any atom is -0.459 e. The van der Waals surface area contributed by atoms with Crippen LogP contribution in [0, 0.1) is 0 Å². The Morgan fingerprint density at radius 3 is 3.00 bits per heavy atom. The summed E-state index contributed by atoms with van der Waals surface area (Å²) in [6.07, 6.45) is 1.71. The van der Waals surface area contributed by atoms with Gasteiger partial charge >= 0.3 is 5.97 Å². The van der Waals surface area contributed by atoms with Crippen LogP contribution in [0.5, 0.6) is 0 Å². The van der Waals surface area contributed by atoms with Crippen molar-refractivity contribution in [3.63, 3.8) is 0 Å². The van der Waals surface area contributed by atoms with Gasteiger partial charge in [0.25, 0.3) is 0 Å². The van der Waals surface area contributed by atoms with Crippen molar-refractivity contribution in [1.29, 1.82) is 0 Å². The minimum absolute atomic E-state index is 0.0579. The minimum atomic E-state index is -0.109. The first kappa shape index (κ1) is 6.16. The summed E-state index contributed by atoms with van der Waals surface area (Å²) in [5.74, 6) is -0.109. The summed E-state index contributed by atoms with van der Waals surface area (Å²) < 4.78 is 10.4. The summed E-state index contributed by atoms with van der Waals surface area (Å²) in [5, 5.41) is 0. The van der Waals surface area contributed by atoms with Crippen LogP contribution >= 0.6 is 0 Å². The highest BCUT2D eigenvalue weighted by molar-refractivity contribution is 5.72. The van der Waals surface area contributed by atoms with E-state index in [4.69, 9.17) is 9.47 Å². The third-order valence-corrected chi connectivity index (χ3v) is 2.04. The molecular weight excluding hydrogens is 132 g/mol. The van der Waals surface area contributed by atoms with E-state index in [9.17, 15) is 4.79 Å². The van der Waals surface area contributed by atoms with Gasteiger partial charge in [-0.15, -0.1) is 0 Å². The first-order valence-electron chi connectivity index (χ1n) is 3.60. The first-order valence-corrected chi connectivity index (χ1v) is 3.60. The topological polar surface area (TPSA) is 35.5 Å². The summed E-state index contributed by atoms with van der Waals surface area (Å²) in [4.78, 5) is 10.7. The zero-order valence-electron chi connectivity index (χ0n) is 5.87. The monoisotopic (exact) mass is 142 g/mol. The third-order valence-electron chi connectivity index (χ3n) is 2.04. The lowest BCUT2D eigenvalue weighted by molar-refractivity contribution is -0.141. The van der Waals surface area contributed by atoms with Gasteiger partial charge in [-0.05, 0) is 6.92 Å². The van der Waals surface area contributed by atoms with E-state index >= 15 is 0 Å². The highest BCUT2D eigenvalue weighted by Crippen LogP contribution is 2.30. The van der Waals surface area contributed by atoms with Gasteiger partial charge in [-0.1, -0.05) is 0 Å². The van der Waals surface area contributed by atoms with E-state index in [0.29, 0.717) is 6.42 Å². The van der Waals surface area contributed by atoms with Gasteiger partial charge in [0.05, 0.1) is 12.5 Å². The van der Waals surface area contributed by atoms with Gasteiger partial charge in [0, 0.05) is 6.42 Å². The quantitative estimate of drug-likeness (QED) is 0.461. The summed E-state index contributed by atoms with van der Waals surface area (Å²) in [7, 11) is 0. The summed E-state index contributed by atoms with van der Waals surface area (Å²) in [5.41, 5.74) is 0. The molecule has 0 unspecified atom stereocenters. The molecule has 0 saturated carbocycles. The molecule has 56 valence electrons. The molecule has 0 amide bonds. The number of hydrogen-bond acceptors (Lipinski definition) is 3. The van der Waals surface area contributed by atoms with E-state index in [0.717, 1.165) is 6.42 Å². The summed E-state index contributed by atoms with van der Waals surface area (Å²) >= 11 is 0. The van der Waals surface area contributed by atoms with Crippen molar-refractivity contribution < 1.29 is 14.3 Å². The standard InChI is InChI=1S/C7H10O3/c1-4-2-5-6(9-4)3-7(8)10-5/h4-6H,2-3H2,1H3/t4-,5-,6-/m1/s1. The predicted molar refractivity (Wildman–Crippen MR) is 33.4 cm³/mol. The van der Waals surface area contributed by atoms with Crippen molar-refractivity contribution in [1.82, 2.24) is 0 Å². The average molecular weight is 142 g/mol. The van der Waals surface area contributed by atoms with E-state index in [1.54, 1.807) is 0 Å². The van der Waals surface area contributed by atoms with Gasteiger partial charge in [-0.3, -0.25) is 4.79 Å². The molecule has 3 heteroatoms. The Balaban J connectivity index is 2.06. The zero-order valence-corrected chi connectivity index (χ0v) is 5.87. The van der Waals surface area contributed by atoms with Crippen LogP contribution in [0.25, 0.3) is 0 Å². The maximum absolute atomic E-state index is 10.7. The summed E-state index contributed by atoms with van der Waals surface area (Å²) in [6.45, 7) is 2.01. The molecule has 0 aromatic heterocycles. The van der Waals surface area contributed by atoms with Gasteiger partial charge in [0.2, 0.25) is 0 Å². The number of rotatable bonds is 0. The lowest BCUT2D eigenvalue weighted by atomic mass is 10.1. The van der Waals surface area contributed by atoms with E-state index in [-0.39, 0.29) is 24.3 Å². The van der Waals surface area contributed by atoms with Crippen LogP contribution in [0.4, 0.5) is 0 Å². The maximum atomic E-state index is 10.7. The van der Waals surface area contributed by atoms with Crippen LogP contribution in [-0.2, 0) is 14.3 Å². The Kier molecular flexibility index (Phi) is 1.20. The SMILES string of the molecule is C[C@@H]1C[C@H]2OC(=O)C[C@H]2O1. The van der Waals surface area contributed by atoms with Crippen molar-refractivity contribution >= 4 is 5.97 Å². The smallest absolute Gasteiger partial charge is 0.308 e. The lowest BCUT2D eigenvalue weighted by Gasteiger charge is -2.02. The number of fused-ring (bicyclic) bond motifs is 1. The van der Waals surface area contributed by atoms with E-state index < -0.39 is 0 Å². The second-order valence-corrected chi connectivity index (χ2v) is 2.95. The highest BCUT2D eigenvalue weighted by Gasteiger charge is 2.42. The van der Waals surface area contributed by atoms with Crippen LogP contribution in [0.2, 0.25) is 0 Å². The van der Waals surface area contributed by atoms with Gasteiger partial charge < -0.3 is 9.47 Å². The summed E-state index contributed by atoms with van der Waals surface area (Å²) in [6, 6.07) is 0. The Hall–Kier alpha value is -0.570. The maximum Gasteiger partial charge on any atom is 0.308 e. The molecular formula is C7H10O3. The van der Waals surface area contributed by atoms with Gasteiger partial charge in [0.15, 0.2) is 0 Å². The van der Waals surface area contributed by atoms with Gasteiger partial charge in [-0.25, -0.2) is 0 Å². The molecule has 0 aromatic rings. The average Bonchev–Trinajstić information content (AvgIpc) is 2.21. The van der Waals surface area contributed by atoms with Crippen molar-refractivity contribution in [2.45, 2.75) is 38.1 Å². The molecule has 3 nitrogen and oxygen atoms in total. The fourth-order valence-corrected chi connectivity index (χ4v) is 1.61. The molecule has 0 spiro atoms. The normalized spacial score (nSPS) is 45.3. The lowest BCUT2D eigenvalue weighted by Crippen LogP contribution is -2.13. The number of carbonyl (C=O) groups excluding carboxylic acids is 1. The highest BCUT2D eigenvalue weighted by atomic mass is 16.6.